The Labute approximate surface area is 84.6 Å². The summed E-state index contributed by atoms with van der Waals surface area (Å²) < 4.78 is 2.44. The second-order valence-electron chi connectivity index (χ2n) is 3.16. The molecule has 1 saturated heterocycles. The Morgan fingerprint density at radius 1 is 1.54 bits per heavy atom. The largest absolute Gasteiger partial charge is 0.334 e. The lowest BCUT2D eigenvalue weighted by molar-refractivity contribution is 0.0874. The number of amides is 1. The van der Waals surface area contributed by atoms with Crippen LogP contribution in [-0.4, -0.2) is 33.7 Å². The molecule has 2 rings (SSSR count). The molecule has 0 aromatic carbocycles. The molecule has 0 bridgehead atoms. The van der Waals surface area contributed by atoms with Crippen LogP contribution in [0.25, 0.3) is 0 Å². The maximum Gasteiger partial charge on any atom is 0.273 e. The van der Waals surface area contributed by atoms with Crippen LogP contribution in [0.1, 0.15) is 16.2 Å². The Kier molecular flexibility index (Phi) is 1.91. The van der Waals surface area contributed by atoms with E-state index in [1.165, 1.54) is 0 Å². The van der Waals surface area contributed by atoms with Crippen molar-refractivity contribution in [3.63, 3.8) is 0 Å². The molecule has 4 nitrogen and oxygen atoms in total. The molecule has 1 aromatic rings. The van der Waals surface area contributed by atoms with Gasteiger partial charge in [0.1, 0.15) is 5.69 Å². The molecule has 1 aliphatic rings. The Balaban J connectivity index is 2.42. The molecule has 0 unspecified atom stereocenters. The number of nitrogens with zero attached hydrogens (tertiary/aromatic N) is 3. The minimum Gasteiger partial charge on any atom is -0.334 e. The average molecular weight is 244 g/mol. The summed E-state index contributed by atoms with van der Waals surface area (Å²) in [5.41, 5.74) is 1.50. The van der Waals surface area contributed by atoms with Crippen molar-refractivity contribution in [3.8, 4) is 0 Å². The second kappa shape index (κ2) is 2.83. The zero-order valence-corrected chi connectivity index (χ0v) is 9.13. The van der Waals surface area contributed by atoms with Gasteiger partial charge in [0.2, 0.25) is 0 Å². The molecule has 13 heavy (non-hydrogen) atoms. The van der Waals surface area contributed by atoms with Gasteiger partial charge in [0, 0.05) is 20.1 Å². The predicted octanol–water partition coefficient (Wildman–Crippen LogP) is 0.947. The van der Waals surface area contributed by atoms with Crippen LogP contribution in [0.4, 0.5) is 0 Å². The highest BCUT2D eigenvalue weighted by molar-refractivity contribution is 9.10. The monoisotopic (exact) mass is 243 g/mol. The molecule has 2 heterocycles. The highest BCUT2D eigenvalue weighted by Crippen LogP contribution is 2.23. The van der Waals surface area contributed by atoms with Crippen molar-refractivity contribution >= 4 is 21.8 Å². The van der Waals surface area contributed by atoms with Crippen molar-refractivity contribution in [1.82, 2.24) is 14.7 Å². The van der Waals surface area contributed by atoms with Crippen molar-refractivity contribution in [1.29, 1.82) is 0 Å². The van der Waals surface area contributed by atoms with Crippen LogP contribution in [0.3, 0.4) is 0 Å². The van der Waals surface area contributed by atoms with Gasteiger partial charge in [-0.05, 0) is 22.9 Å². The predicted molar refractivity (Wildman–Crippen MR) is 51.5 cm³/mol. The molecular formula is C8H10BrN3O. The zero-order valence-electron chi connectivity index (χ0n) is 7.54. The van der Waals surface area contributed by atoms with Crippen molar-refractivity contribution < 1.29 is 4.79 Å². The van der Waals surface area contributed by atoms with Gasteiger partial charge >= 0.3 is 0 Å². The molecular weight excluding hydrogens is 234 g/mol. The number of carbonyl (C=O) groups is 1. The highest BCUT2D eigenvalue weighted by atomic mass is 79.9. The minimum absolute atomic E-state index is 0.0648. The van der Waals surface area contributed by atoms with Crippen molar-refractivity contribution in [2.45, 2.75) is 6.92 Å². The zero-order chi connectivity index (χ0) is 9.59. The van der Waals surface area contributed by atoms with E-state index in [0.29, 0.717) is 5.69 Å². The smallest absolute Gasteiger partial charge is 0.273 e. The molecule has 0 saturated carbocycles. The van der Waals surface area contributed by atoms with Gasteiger partial charge in [0.15, 0.2) is 0 Å². The molecule has 0 radical (unpaired) electrons. The fourth-order valence-corrected chi connectivity index (χ4v) is 1.77. The fourth-order valence-electron chi connectivity index (χ4n) is 1.27. The van der Waals surface area contributed by atoms with Crippen molar-refractivity contribution in [3.05, 3.63) is 15.9 Å². The van der Waals surface area contributed by atoms with Gasteiger partial charge in [0.05, 0.1) is 10.2 Å². The third-order valence-electron chi connectivity index (χ3n) is 2.09. The van der Waals surface area contributed by atoms with Gasteiger partial charge in [-0.25, -0.2) is 0 Å². The van der Waals surface area contributed by atoms with Crippen LogP contribution in [0.5, 0.6) is 0 Å². The lowest BCUT2D eigenvalue weighted by atomic mass is 10.3. The Hall–Kier alpha value is -0.840. The standard InChI is InChI=1S/C8H10BrN3O/c1-5-6(9)7(11(2)10-5)8(13)12-3-4-12/h3-4H2,1-2H3. The fraction of sp³-hybridized carbons (Fsp3) is 0.500. The van der Waals surface area contributed by atoms with Crippen LogP contribution in [-0.2, 0) is 7.05 Å². The SMILES string of the molecule is Cc1nn(C)c(C(=O)N2CC2)c1Br. The first-order valence-electron chi connectivity index (χ1n) is 4.09. The summed E-state index contributed by atoms with van der Waals surface area (Å²) in [7, 11) is 1.79. The van der Waals surface area contributed by atoms with Crippen molar-refractivity contribution in [2.24, 2.45) is 7.05 Å². The summed E-state index contributed by atoms with van der Waals surface area (Å²) in [5.74, 6) is 0.0648. The third-order valence-corrected chi connectivity index (χ3v) is 3.04. The van der Waals surface area contributed by atoms with Gasteiger partial charge in [-0.15, -0.1) is 0 Å². The lowest BCUT2D eigenvalue weighted by Gasteiger charge is -2.01. The molecule has 0 atom stereocenters. The van der Waals surface area contributed by atoms with Crippen LogP contribution >= 0.6 is 15.9 Å². The highest BCUT2D eigenvalue weighted by Gasteiger charge is 2.29. The number of aromatic nitrogens is 2. The first-order chi connectivity index (χ1) is 6.11. The normalized spacial score (nSPS) is 14.8. The minimum atomic E-state index is 0.0648. The van der Waals surface area contributed by atoms with Gasteiger partial charge in [-0.3, -0.25) is 9.48 Å². The summed E-state index contributed by atoms with van der Waals surface area (Å²) in [6.07, 6.45) is 0. The molecule has 5 heteroatoms. The molecule has 1 fully saturated rings. The van der Waals surface area contributed by atoms with Gasteiger partial charge < -0.3 is 4.90 Å². The summed E-state index contributed by atoms with van der Waals surface area (Å²) >= 11 is 3.37. The summed E-state index contributed by atoms with van der Waals surface area (Å²) in [5, 5.41) is 4.16. The quantitative estimate of drug-likeness (QED) is 0.689. The van der Waals surface area contributed by atoms with Gasteiger partial charge in [-0.2, -0.15) is 5.10 Å². The van der Waals surface area contributed by atoms with Crippen molar-refractivity contribution in [2.75, 3.05) is 13.1 Å². The number of aryl methyl sites for hydroxylation is 2. The maximum absolute atomic E-state index is 11.7. The number of hydrogen-bond acceptors (Lipinski definition) is 2. The number of rotatable bonds is 1. The Morgan fingerprint density at radius 2 is 2.15 bits per heavy atom. The summed E-state index contributed by atoms with van der Waals surface area (Å²) in [4.78, 5) is 13.5. The molecule has 1 aliphatic heterocycles. The van der Waals surface area contributed by atoms with E-state index in [0.717, 1.165) is 23.3 Å². The molecule has 0 aliphatic carbocycles. The Morgan fingerprint density at radius 3 is 2.54 bits per heavy atom. The third kappa shape index (κ3) is 1.37. The number of carbonyl (C=O) groups excluding carboxylic acids is 1. The Bertz CT molecular complexity index is 368. The van der Waals surface area contributed by atoms with E-state index in [1.54, 1.807) is 16.6 Å². The molecule has 0 N–H and O–H groups in total. The van der Waals surface area contributed by atoms with E-state index in [4.69, 9.17) is 0 Å². The van der Waals surface area contributed by atoms with E-state index >= 15 is 0 Å². The van der Waals surface area contributed by atoms with Crippen LogP contribution in [0.2, 0.25) is 0 Å². The average Bonchev–Trinajstić information content (AvgIpc) is 2.82. The summed E-state index contributed by atoms with van der Waals surface area (Å²) in [6, 6.07) is 0. The van der Waals surface area contributed by atoms with E-state index in [2.05, 4.69) is 21.0 Å². The molecule has 1 amide bonds. The lowest BCUT2D eigenvalue weighted by Crippen LogP contribution is -2.15. The molecule has 70 valence electrons. The summed E-state index contributed by atoms with van der Waals surface area (Å²) in [6.45, 7) is 3.62. The van der Waals surface area contributed by atoms with E-state index in [9.17, 15) is 4.79 Å². The number of hydrogen-bond donors (Lipinski definition) is 0. The molecule has 0 spiro atoms. The van der Waals surface area contributed by atoms with E-state index in [-0.39, 0.29) is 5.91 Å². The topological polar surface area (TPSA) is 37.9 Å². The van der Waals surface area contributed by atoms with Crippen LogP contribution < -0.4 is 0 Å². The first kappa shape index (κ1) is 8.74. The number of halogens is 1. The first-order valence-corrected chi connectivity index (χ1v) is 4.89. The molecule has 1 aromatic heterocycles. The second-order valence-corrected chi connectivity index (χ2v) is 3.96. The van der Waals surface area contributed by atoms with E-state index in [1.807, 2.05) is 6.92 Å². The van der Waals surface area contributed by atoms with E-state index < -0.39 is 0 Å². The van der Waals surface area contributed by atoms with Crippen LogP contribution in [0, 0.1) is 6.92 Å². The van der Waals surface area contributed by atoms with Gasteiger partial charge in [-0.1, -0.05) is 0 Å². The van der Waals surface area contributed by atoms with Crippen LogP contribution in [0.15, 0.2) is 4.47 Å². The maximum atomic E-state index is 11.7. The van der Waals surface area contributed by atoms with Gasteiger partial charge in [0.25, 0.3) is 5.91 Å².